The van der Waals surface area contributed by atoms with Gasteiger partial charge in [0.15, 0.2) is 0 Å². The maximum Gasteiger partial charge on any atom is 0.325 e. The van der Waals surface area contributed by atoms with Crippen LogP contribution in [0, 0.1) is 0 Å². The van der Waals surface area contributed by atoms with Crippen LogP contribution in [0.4, 0.5) is 4.79 Å². The Morgan fingerprint density at radius 3 is 2.46 bits per heavy atom. The topological polar surface area (TPSA) is 58.6 Å². The molecule has 0 aromatic heterocycles. The quantitative estimate of drug-likeness (QED) is 0.586. The lowest BCUT2D eigenvalue weighted by Crippen LogP contribution is -2.43. The molecule has 0 aliphatic heterocycles. The van der Waals surface area contributed by atoms with Crippen LogP contribution in [-0.4, -0.2) is 36.6 Å². The van der Waals surface area contributed by atoms with Crippen LogP contribution in [-0.2, 0) is 22.5 Å². The largest absolute Gasteiger partial charge is 0.465 e. The van der Waals surface area contributed by atoms with Gasteiger partial charge >= 0.3 is 12.0 Å². The molecule has 0 aliphatic carbocycles. The van der Waals surface area contributed by atoms with E-state index in [2.05, 4.69) is 5.32 Å². The van der Waals surface area contributed by atoms with E-state index >= 15 is 0 Å². The summed E-state index contributed by atoms with van der Waals surface area (Å²) in [6.07, 6.45) is 0.521. The Morgan fingerprint density at radius 1 is 1.04 bits per heavy atom. The van der Waals surface area contributed by atoms with Gasteiger partial charge < -0.3 is 15.0 Å². The van der Waals surface area contributed by atoms with Crippen LogP contribution >= 0.6 is 34.8 Å². The summed E-state index contributed by atoms with van der Waals surface area (Å²) in [6.45, 7) is 2.43. The molecular weight excluding hydrogens is 423 g/mol. The Kier molecular flexibility index (Phi) is 8.90. The number of hydrogen-bond acceptors (Lipinski definition) is 3. The number of esters is 1. The molecule has 0 saturated heterocycles. The van der Waals surface area contributed by atoms with E-state index in [0.717, 1.165) is 11.1 Å². The van der Waals surface area contributed by atoms with Crippen molar-refractivity contribution < 1.29 is 14.3 Å². The minimum atomic E-state index is -0.491. The fraction of sp³-hybridized carbons (Fsp3) is 0.300. The van der Waals surface area contributed by atoms with Crippen molar-refractivity contribution >= 4 is 46.8 Å². The minimum Gasteiger partial charge on any atom is -0.465 e. The minimum absolute atomic E-state index is 0.201. The fourth-order valence-electron chi connectivity index (χ4n) is 2.54. The van der Waals surface area contributed by atoms with E-state index in [1.165, 1.54) is 0 Å². The lowest BCUT2D eigenvalue weighted by molar-refractivity contribution is -0.141. The van der Waals surface area contributed by atoms with E-state index in [1.807, 2.05) is 24.3 Å². The molecule has 5 nitrogen and oxygen atoms in total. The van der Waals surface area contributed by atoms with Crippen LogP contribution in [0.25, 0.3) is 0 Å². The molecule has 0 unspecified atom stereocenters. The first-order valence-electron chi connectivity index (χ1n) is 8.76. The highest BCUT2D eigenvalue weighted by Gasteiger charge is 2.17. The van der Waals surface area contributed by atoms with E-state index < -0.39 is 12.0 Å². The highest BCUT2D eigenvalue weighted by molar-refractivity contribution is 6.35. The molecular formula is C20H21Cl3N2O3. The first-order chi connectivity index (χ1) is 13.4. The van der Waals surface area contributed by atoms with Gasteiger partial charge in [-0.2, -0.15) is 0 Å². The second-order valence-electron chi connectivity index (χ2n) is 5.96. The number of urea groups is 1. The molecule has 150 valence electrons. The van der Waals surface area contributed by atoms with Gasteiger partial charge in [0, 0.05) is 28.2 Å². The highest BCUT2D eigenvalue weighted by Crippen LogP contribution is 2.22. The summed E-state index contributed by atoms with van der Waals surface area (Å²) in [4.78, 5) is 25.7. The molecule has 2 rings (SSSR count). The van der Waals surface area contributed by atoms with Gasteiger partial charge in [-0.1, -0.05) is 59.1 Å². The molecule has 0 fully saturated rings. The summed E-state index contributed by atoms with van der Waals surface area (Å²) >= 11 is 18.4. The van der Waals surface area contributed by atoms with Crippen molar-refractivity contribution in [3.8, 4) is 0 Å². The van der Waals surface area contributed by atoms with Crippen molar-refractivity contribution in [1.82, 2.24) is 10.2 Å². The lowest BCUT2D eigenvalue weighted by atomic mass is 10.1. The Balaban J connectivity index is 2.09. The Labute approximate surface area is 179 Å². The van der Waals surface area contributed by atoms with Crippen LogP contribution in [0.5, 0.6) is 0 Å². The van der Waals surface area contributed by atoms with Crippen molar-refractivity contribution in [2.24, 2.45) is 0 Å². The summed E-state index contributed by atoms with van der Waals surface area (Å²) < 4.78 is 4.84. The van der Waals surface area contributed by atoms with Gasteiger partial charge in [-0.25, -0.2) is 4.79 Å². The zero-order valence-electron chi connectivity index (χ0n) is 15.4. The van der Waals surface area contributed by atoms with Crippen molar-refractivity contribution in [3.05, 3.63) is 68.7 Å². The molecule has 0 radical (unpaired) electrons. The molecule has 0 aliphatic rings. The number of nitrogens with one attached hydrogen (secondary N) is 1. The zero-order chi connectivity index (χ0) is 20.5. The van der Waals surface area contributed by atoms with Gasteiger partial charge in [0.25, 0.3) is 0 Å². The van der Waals surface area contributed by atoms with Crippen LogP contribution in [0.3, 0.4) is 0 Å². The fourth-order valence-corrected chi connectivity index (χ4v) is 3.23. The first-order valence-corrected chi connectivity index (χ1v) is 9.89. The normalized spacial score (nSPS) is 10.4. The van der Waals surface area contributed by atoms with E-state index in [1.54, 1.807) is 30.0 Å². The number of halogens is 3. The van der Waals surface area contributed by atoms with Crippen LogP contribution in [0.2, 0.25) is 15.1 Å². The van der Waals surface area contributed by atoms with E-state index in [-0.39, 0.29) is 13.2 Å². The monoisotopic (exact) mass is 442 g/mol. The zero-order valence-corrected chi connectivity index (χ0v) is 17.7. The molecule has 2 aromatic rings. The molecule has 0 bridgehead atoms. The van der Waals surface area contributed by atoms with Crippen LogP contribution < -0.4 is 5.32 Å². The highest BCUT2D eigenvalue weighted by atomic mass is 35.5. The number of rotatable bonds is 8. The van der Waals surface area contributed by atoms with Gasteiger partial charge in [0.05, 0.1) is 6.61 Å². The molecule has 0 atom stereocenters. The van der Waals surface area contributed by atoms with Gasteiger partial charge in [0.2, 0.25) is 0 Å². The van der Waals surface area contributed by atoms with Crippen molar-refractivity contribution in [2.75, 3.05) is 19.7 Å². The van der Waals surface area contributed by atoms with Crippen molar-refractivity contribution in [1.29, 1.82) is 0 Å². The summed E-state index contributed by atoms with van der Waals surface area (Å²) in [7, 11) is 0. The number of amides is 2. The Bertz CT molecular complexity index is 830. The number of ether oxygens (including phenoxy) is 1. The molecule has 8 heteroatoms. The first kappa shape index (κ1) is 22.3. The summed E-state index contributed by atoms with van der Waals surface area (Å²) in [5, 5.41) is 4.24. The summed E-state index contributed by atoms with van der Waals surface area (Å²) in [5.74, 6) is -0.491. The van der Waals surface area contributed by atoms with Crippen LogP contribution in [0.1, 0.15) is 18.1 Å². The Hall–Kier alpha value is -1.95. The van der Waals surface area contributed by atoms with E-state index in [0.29, 0.717) is 34.6 Å². The number of carbonyl (C=O) groups is 2. The van der Waals surface area contributed by atoms with E-state index in [4.69, 9.17) is 39.5 Å². The predicted octanol–water partition coefficient (Wildman–Crippen LogP) is 4.96. The maximum absolute atomic E-state index is 12.6. The lowest BCUT2D eigenvalue weighted by Gasteiger charge is -2.24. The standard InChI is InChI=1S/C20H21Cl3N2O3/c1-2-28-19(26)12-24-20(27)25(13-15-5-3-4-6-17(15)22)10-9-14-7-8-16(21)11-18(14)23/h3-8,11H,2,9-10,12-13H2,1H3,(H,24,27). The maximum atomic E-state index is 12.6. The molecule has 0 heterocycles. The average Bonchev–Trinajstić information content (AvgIpc) is 2.66. The average molecular weight is 444 g/mol. The number of nitrogens with zero attached hydrogens (tertiary/aromatic N) is 1. The number of carbonyl (C=O) groups excluding carboxylic acids is 2. The third-order valence-corrected chi connectivity index (χ3v) is 4.92. The van der Waals surface area contributed by atoms with Crippen LogP contribution in [0.15, 0.2) is 42.5 Å². The third kappa shape index (κ3) is 6.89. The summed E-state index contributed by atoms with van der Waals surface area (Å²) in [5.41, 5.74) is 1.67. The third-order valence-electron chi connectivity index (χ3n) is 3.96. The van der Waals surface area contributed by atoms with Crippen molar-refractivity contribution in [2.45, 2.75) is 19.9 Å². The van der Waals surface area contributed by atoms with Crippen molar-refractivity contribution in [3.63, 3.8) is 0 Å². The Morgan fingerprint density at radius 2 is 1.79 bits per heavy atom. The molecule has 2 amide bonds. The smallest absolute Gasteiger partial charge is 0.325 e. The van der Waals surface area contributed by atoms with E-state index in [9.17, 15) is 9.59 Å². The van der Waals surface area contributed by atoms with Gasteiger partial charge in [-0.15, -0.1) is 0 Å². The summed E-state index contributed by atoms with van der Waals surface area (Å²) in [6, 6.07) is 12.1. The number of hydrogen-bond donors (Lipinski definition) is 1. The molecule has 0 spiro atoms. The predicted molar refractivity (Wildman–Crippen MR) is 112 cm³/mol. The molecule has 0 saturated carbocycles. The SMILES string of the molecule is CCOC(=O)CNC(=O)N(CCc1ccc(Cl)cc1Cl)Cc1ccccc1Cl. The second kappa shape index (κ2) is 11.1. The van der Waals surface area contributed by atoms with Gasteiger partial charge in [-0.3, -0.25) is 4.79 Å². The molecule has 2 aromatic carbocycles. The van der Waals surface area contributed by atoms with Gasteiger partial charge in [0.1, 0.15) is 6.54 Å². The molecule has 1 N–H and O–H groups in total. The second-order valence-corrected chi connectivity index (χ2v) is 7.21. The van der Waals surface area contributed by atoms with Gasteiger partial charge in [-0.05, 0) is 42.7 Å². The number of benzene rings is 2. The molecule has 28 heavy (non-hydrogen) atoms.